The Morgan fingerprint density at radius 1 is 0.440 bits per heavy atom. The Kier molecular flexibility index (Phi) is 11.2. The second-order valence-corrected chi connectivity index (χ2v) is 18.7. The van der Waals surface area contributed by atoms with E-state index in [1.165, 1.54) is 21.5 Å². The minimum Gasteiger partial charge on any atom is -0.309 e. The maximum atomic E-state index is 5.23. The molecule has 13 aromatic rings. The molecule has 0 atom stereocenters. The summed E-state index contributed by atoms with van der Waals surface area (Å²) < 4.78 is 7.26. The van der Waals surface area contributed by atoms with Crippen molar-refractivity contribution in [1.29, 1.82) is 0 Å². The number of fused-ring (bicyclic) bond motifs is 9. The zero-order chi connectivity index (χ0) is 50.4. The largest absolute Gasteiger partial charge is 0.309 e. The fraction of sp³-hybridized carbons (Fsp3) is 0. The smallest absolute Gasteiger partial charge is 0.159 e. The number of para-hydroxylation sites is 4. The molecule has 13 rings (SSSR count). The van der Waals surface area contributed by atoms with Gasteiger partial charge in [0.05, 0.1) is 55.9 Å². The number of aromatic nitrogens is 5. The number of allylic oxidation sites excluding steroid dienone is 8. The second-order valence-electron chi connectivity index (χ2n) is 18.7. The summed E-state index contributed by atoms with van der Waals surface area (Å²) in [5.74, 6) is 0.514. The normalized spacial score (nSPS) is 12.4. The zero-order valence-electron chi connectivity index (χ0n) is 41.2. The average Bonchev–Trinajstić information content (AvgIpc) is 4.12. The van der Waals surface area contributed by atoms with E-state index in [1.54, 1.807) is 0 Å². The van der Waals surface area contributed by atoms with Crippen molar-refractivity contribution >= 4 is 82.8 Å². The van der Waals surface area contributed by atoms with Crippen molar-refractivity contribution in [1.82, 2.24) is 23.7 Å². The first-order chi connectivity index (χ1) is 37.1. The van der Waals surface area contributed by atoms with Crippen LogP contribution in [0.2, 0.25) is 0 Å². The Morgan fingerprint density at radius 3 is 1.47 bits per heavy atom. The summed E-state index contributed by atoms with van der Waals surface area (Å²) in [6.07, 6.45) is 10.1. The fourth-order valence-electron chi connectivity index (χ4n) is 11.0. The monoisotopic (exact) mass is 959 g/mol. The summed E-state index contributed by atoms with van der Waals surface area (Å²) in [7, 11) is 0. The van der Waals surface area contributed by atoms with Gasteiger partial charge >= 0.3 is 0 Å². The highest BCUT2D eigenvalue weighted by molar-refractivity contribution is 6.19. The maximum absolute atomic E-state index is 5.23. The van der Waals surface area contributed by atoms with Crippen LogP contribution in [0.4, 0.5) is 0 Å². The molecule has 0 N–H and O–H groups in total. The predicted molar refractivity (Wildman–Crippen MR) is 317 cm³/mol. The van der Waals surface area contributed by atoms with Crippen LogP contribution in [0.25, 0.3) is 117 Å². The fourth-order valence-corrected chi connectivity index (χ4v) is 11.0. The van der Waals surface area contributed by atoms with E-state index in [2.05, 4.69) is 233 Å². The molecule has 0 unspecified atom stereocenters. The first-order valence-electron chi connectivity index (χ1n) is 25.2. The van der Waals surface area contributed by atoms with Crippen LogP contribution >= 0.6 is 0 Å². The Balaban J connectivity index is 1.13. The topological polar surface area (TPSA) is 40.6 Å². The van der Waals surface area contributed by atoms with Crippen molar-refractivity contribution < 1.29 is 0 Å². The van der Waals surface area contributed by atoms with Crippen molar-refractivity contribution in [2.24, 2.45) is 0 Å². The first-order valence-corrected chi connectivity index (χ1v) is 25.2. The van der Waals surface area contributed by atoms with Crippen LogP contribution in [0, 0.1) is 0 Å². The lowest BCUT2D eigenvalue weighted by Gasteiger charge is -2.19. The zero-order valence-corrected chi connectivity index (χ0v) is 41.2. The van der Waals surface area contributed by atoms with Crippen molar-refractivity contribution in [2.75, 3.05) is 0 Å². The van der Waals surface area contributed by atoms with Gasteiger partial charge in [0, 0.05) is 60.3 Å². The van der Waals surface area contributed by atoms with Gasteiger partial charge in [-0.25, -0.2) is 9.97 Å². The summed E-state index contributed by atoms with van der Waals surface area (Å²) in [4.78, 5) is 10.5. The molecule has 4 aromatic heterocycles. The van der Waals surface area contributed by atoms with Gasteiger partial charge in [-0.3, -0.25) is 0 Å². The summed E-state index contributed by atoms with van der Waals surface area (Å²) in [6, 6.07) is 81.6. The Hall–Kier alpha value is -10.1. The molecule has 5 nitrogen and oxygen atoms in total. The Bertz CT molecular complexity index is 4340. The second kappa shape index (κ2) is 18.8. The minimum absolute atomic E-state index is 0.514. The van der Waals surface area contributed by atoms with E-state index < -0.39 is 0 Å². The molecular formula is C70H49N5. The molecule has 0 amide bonds. The highest BCUT2D eigenvalue weighted by Crippen LogP contribution is 2.44. The van der Waals surface area contributed by atoms with Crippen LogP contribution in [-0.4, -0.2) is 23.7 Å². The standard InChI is InChI=1S/C70H49N5/c1-4-24-49(5-2)57(43-47(3)70-71-59(50-27-11-7-12-28-50)46-60(72-70)51-29-13-8-14-30-51)68(44-48-25-9-6-10-26-48)75-65-42-41-52(73-61-35-19-15-31-53(61)54-32-16-20-36-62(54)73)45-58(65)69-66(39-23-40-67(69)75)74-63-37-21-17-33-55(63)56-34-18-22-38-64(56)74/h4-46H,1-3H2/b49-24+,57-43-,68-44-. The summed E-state index contributed by atoms with van der Waals surface area (Å²) in [6.45, 7) is 13.4. The van der Waals surface area contributed by atoms with E-state index in [1.807, 2.05) is 54.6 Å². The number of nitrogens with zero attached hydrogens (tertiary/aromatic N) is 5. The molecule has 5 heteroatoms. The SMILES string of the molecule is C=C/C=C(C=C)/C(=C/C(=C)c1nc(-c2ccccc2)cc(-c2ccccc2)n1)C(=C/c1ccccc1)/n1c2ccc(-n3c4ccccc4c4ccccc43)cc2c2c(-n3c4ccccc4c4ccccc43)cccc21. The number of rotatable bonds is 12. The van der Waals surface area contributed by atoms with Crippen molar-refractivity contribution in [3.8, 4) is 33.9 Å². The van der Waals surface area contributed by atoms with Crippen molar-refractivity contribution in [2.45, 2.75) is 0 Å². The molecule has 0 fully saturated rings. The van der Waals surface area contributed by atoms with Gasteiger partial charge in [-0.05, 0) is 84.0 Å². The molecule has 0 aliphatic carbocycles. The molecule has 0 aliphatic rings. The third-order valence-corrected chi connectivity index (χ3v) is 14.3. The van der Waals surface area contributed by atoms with E-state index in [4.69, 9.17) is 16.5 Å². The van der Waals surface area contributed by atoms with Crippen molar-refractivity contribution in [3.05, 3.63) is 297 Å². The van der Waals surface area contributed by atoms with Gasteiger partial charge < -0.3 is 13.7 Å². The Labute approximate surface area is 435 Å². The van der Waals surface area contributed by atoms with E-state index >= 15 is 0 Å². The van der Waals surface area contributed by atoms with E-state index in [0.717, 1.165) is 100 Å². The lowest BCUT2D eigenvalue weighted by Crippen LogP contribution is -2.04. The van der Waals surface area contributed by atoms with Crippen LogP contribution in [0.1, 0.15) is 11.4 Å². The van der Waals surface area contributed by atoms with Gasteiger partial charge in [0.25, 0.3) is 0 Å². The number of benzene rings is 9. The molecule has 75 heavy (non-hydrogen) atoms. The number of hydrogen-bond acceptors (Lipinski definition) is 2. The van der Waals surface area contributed by atoms with Gasteiger partial charge in [-0.2, -0.15) is 0 Å². The molecule has 9 aromatic carbocycles. The highest BCUT2D eigenvalue weighted by Gasteiger charge is 2.25. The van der Waals surface area contributed by atoms with Crippen molar-refractivity contribution in [3.63, 3.8) is 0 Å². The Morgan fingerprint density at radius 2 is 0.933 bits per heavy atom. The van der Waals surface area contributed by atoms with Gasteiger partial charge in [0.1, 0.15) is 0 Å². The van der Waals surface area contributed by atoms with Gasteiger partial charge in [-0.15, -0.1) is 0 Å². The number of hydrogen-bond donors (Lipinski definition) is 0. The molecule has 0 aliphatic heterocycles. The lowest BCUT2D eigenvalue weighted by atomic mass is 9.96. The van der Waals surface area contributed by atoms with Crippen LogP contribution in [0.3, 0.4) is 0 Å². The lowest BCUT2D eigenvalue weighted by molar-refractivity contribution is 1.13. The molecule has 4 heterocycles. The van der Waals surface area contributed by atoms with E-state index in [0.29, 0.717) is 11.4 Å². The third kappa shape index (κ3) is 7.74. The summed E-state index contributed by atoms with van der Waals surface area (Å²) in [5.41, 5.74) is 16.6. The average molecular weight is 960 g/mol. The summed E-state index contributed by atoms with van der Waals surface area (Å²) >= 11 is 0. The molecule has 0 saturated heterocycles. The maximum Gasteiger partial charge on any atom is 0.159 e. The minimum atomic E-state index is 0.514. The first kappa shape index (κ1) is 44.8. The van der Waals surface area contributed by atoms with Gasteiger partial charge in [-0.1, -0.05) is 208 Å². The third-order valence-electron chi connectivity index (χ3n) is 14.3. The quantitative estimate of drug-likeness (QED) is 0.115. The van der Waals surface area contributed by atoms with E-state index in [-0.39, 0.29) is 0 Å². The van der Waals surface area contributed by atoms with Crippen LogP contribution in [-0.2, 0) is 0 Å². The van der Waals surface area contributed by atoms with E-state index in [9.17, 15) is 0 Å². The van der Waals surface area contributed by atoms with Crippen LogP contribution < -0.4 is 0 Å². The predicted octanol–water partition coefficient (Wildman–Crippen LogP) is 18.0. The van der Waals surface area contributed by atoms with Crippen LogP contribution in [0.5, 0.6) is 0 Å². The molecule has 0 bridgehead atoms. The molecular weight excluding hydrogens is 911 g/mol. The molecule has 0 spiro atoms. The van der Waals surface area contributed by atoms with Gasteiger partial charge in [0.15, 0.2) is 5.82 Å². The van der Waals surface area contributed by atoms with Crippen LogP contribution in [0.15, 0.2) is 286 Å². The van der Waals surface area contributed by atoms with Gasteiger partial charge in [0.2, 0.25) is 0 Å². The molecule has 0 saturated carbocycles. The summed E-state index contributed by atoms with van der Waals surface area (Å²) in [5, 5.41) is 7.03. The highest BCUT2D eigenvalue weighted by atomic mass is 15.0. The molecule has 354 valence electrons. The molecule has 0 radical (unpaired) electrons.